The molecule has 90 valence electrons. The Morgan fingerprint density at radius 3 is 2.56 bits per heavy atom. The zero-order valence-electron chi connectivity index (χ0n) is 9.40. The van der Waals surface area contributed by atoms with Gasteiger partial charge in [-0.05, 0) is 20.3 Å². The molecule has 0 spiro atoms. The highest BCUT2D eigenvalue weighted by Crippen LogP contribution is 2.11. The van der Waals surface area contributed by atoms with Crippen molar-refractivity contribution in [1.29, 1.82) is 0 Å². The molecule has 2 N–H and O–H groups in total. The molecule has 1 aliphatic rings. The largest absolute Gasteiger partial charge is 0.480 e. The Labute approximate surface area is 93.6 Å². The summed E-state index contributed by atoms with van der Waals surface area (Å²) in [6, 6.07) is -0.754. The van der Waals surface area contributed by atoms with E-state index in [0.717, 1.165) is 0 Å². The van der Waals surface area contributed by atoms with Crippen LogP contribution in [0.4, 0.5) is 0 Å². The molecule has 1 fully saturated rings. The lowest BCUT2D eigenvalue weighted by atomic mass is 10.1. The Morgan fingerprint density at radius 1 is 1.56 bits per heavy atom. The van der Waals surface area contributed by atoms with Crippen LogP contribution in [-0.4, -0.2) is 46.4 Å². The number of rotatable bonds is 4. The van der Waals surface area contributed by atoms with Crippen molar-refractivity contribution in [2.45, 2.75) is 38.8 Å². The molecule has 16 heavy (non-hydrogen) atoms. The third-order valence-corrected chi connectivity index (χ3v) is 2.51. The van der Waals surface area contributed by atoms with E-state index in [4.69, 9.17) is 5.11 Å². The lowest BCUT2D eigenvalue weighted by Gasteiger charge is -2.27. The molecular weight excluding hydrogens is 212 g/mol. The molecule has 1 atom stereocenters. The summed E-state index contributed by atoms with van der Waals surface area (Å²) in [6.45, 7) is 3.16. The molecule has 0 bridgehead atoms. The van der Waals surface area contributed by atoms with E-state index in [9.17, 15) is 14.4 Å². The van der Waals surface area contributed by atoms with Gasteiger partial charge in [-0.3, -0.25) is 14.4 Å². The van der Waals surface area contributed by atoms with Crippen molar-refractivity contribution in [2.24, 2.45) is 0 Å². The van der Waals surface area contributed by atoms with Crippen LogP contribution in [0.25, 0.3) is 0 Å². The van der Waals surface area contributed by atoms with E-state index in [2.05, 4.69) is 5.32 Å². The fourth-order valence-corrected chi connectivity index (χ4v) is 1.66. The molecule has 6 nitrogen and oxygen atoms in total. The van der Waals surface area contributed by atoms with Crippen molar-refractivity contribution in [3.8, 4) is 0 Å². The second kappa shape index (κ2) is 4.96. The third-order valence-electron chi connectivity index (χ3n) is 2.51. The molecule has 1 saturated heterocycles. The predicted octanol–water partition coefficient (Wildman–Crippen LogP) is -0.413. The lowest BCUT2D eigenvalue weighted by molar-refractivity contribution is -0.146. The average molecular weight is 228 g/mol. The molecule has 0 saturated carbocycles. The minimum atomic E-state index is -1.05. The molecule has 1 aliphatic heterocycles. The number of carboxylic acid groups (broad SMARTS) is 1. The summed E-state index contributed by atoms with van der Waals surface area (Å²) in [4.78, 5) is 34.8. The molecule has 1 heterocycles. The summed E-state index contributed by atoms with van der Waals surface area (Å²) in [5, 5.41) is 11.2. The van der Waals surface area contributed by atoms with Gasteiger partial charge in [0.25, 0.3) is 0 Å². The number of aliphatic carboxylic acids is 1. The van der Waals surface area contributed by atoms with Crippen molar-refractivity contribution < 1.29 is 19.5 Å². The number of carbonyl (C=O) groups excluding carboxylic acids is 2. The molecule has 1 unspecified atom stereocenters. The molecule has 0 aliphatic carbocycles. The van der Waals surface area contributed by atoms with Crippen molar-refractivity contribution in [1.82, 2.24) is 10.2 Å². The molecule has 6 heteroatoms. The number of nitrogens with one attached hydrogen (secondary N) is 1. The minimum Gasteiger partial charge on any atom is -0.480 e. The molecular formula is C10H16N2O4. The number of carboxylic acids is 1. The Bertz CT molecular complexity index is 314. The molecule has 0 radical (unpaired) electrons. The van der Waals surface area contributed by atoms with Crippen molar-refractivity contribution in [3.05, 3.63) is 0 Å². The molecule has 0 aromatic carbocycles. The van der Waals surface area contributed by atoms with Gasteiger partial charge >= 0.3 is 5.97 Å². The zero-order valence-corrected chi connectivity index (χ0v) is 9.40. The van der Waals surface area contributed by atoms with Gasteiger partial charge < -0.3 is 15.3 Å². The monoisotopic (exact) mass is 228 g/mol. The first-order chi connectivity index (χ1) is 7.41. The van der Waals surface area contributed by atoms with Crippen LogP contribution >= 0.6 is 0 Å². The summed E-state index contributed by atoms with van der Waals surface area (Å²) < 4.78 is 0. The van der Waals surface area contributed by atoms with Crippen molar-refractivity contribution in [3.63, 3.8) is 0 Å². The fraction of sp³-hybridized carbons (Fsp3) is 0.700. The number of hydrogen-bond acceptors (Lipinski definition) is 3. The van der Waals surface area contributed by atoms with Crippen LogP contribution in [0, 0.1) is 0 Å². The highest BCUT2D eigenvalue weighted by molar-refractivity contribution is 5.92. The molecule has 1 rings (SSSR count). The van der Waals surface area contributed by atoms with Gasteiger partial charge in [0.15, 0.2) is 0 Å². The Morgan fingerprint density at radius 2 is 2.19 bits per heavy atom. The van der Waals surface area contributed by atoms with E-state index in [0.29, 0.717) is 12.8 Å². The number of hydrogen-bond donors (Lipinski definition) is 2. The predicted molar refractivity (Wildman–Crippen MR) is 55.6 cm³/mol. The van der Waals surface area contributed by atoms with Gasteiger partial charge in [-0.15, -0.1) is 0 Å². The first-order valence-electron chi connectivity index (χ1n) is 5.23. The summed E-state index contributed by atoms with van der Waals surface area (Å²) >= 11 is 0. The highest BCUT2D eigenvalue weighted by Gasteiger charge is 2.32. The molecule has 2 amide bonds. The van der Waals surface area contributed by atoms with E-state index >= 15 is 0 Å². The molecule has 0 aromatic heterocycles. The average Bonchev–Trinajstić information content (AvgIpc) is 2.59. The summed E-state index contributed by atoms with van der Waals surface area (Å²) in [6.07, 6.45) is 0.774. The highest BCUT2D eigenvalue weighted by atomic mass is 16.4. The maximum atomic E-state index is 11.9. The minimum absolute atomic E-state index is 0.155. The van der Waals surface area contributed by atoms with E-state index in [-0.39, 0.29) is 24.4 Å². The number of carbonyl (C=O) groups is 3. The smallest absolute Gasteiger partial charge is 0.323 e. The van der Waals surface area contributed by atoms with Crippen molar-refractivity contribution in [2.75, 3.05) is 6.54 Å². The van der Waals surface area contributed by atoms with Crippen LogP contribution < -0.4 is 5.32 Å². The third kappa shape index (κ3) is 2.95. The van der Waals surface area contributed by atoms with Crippen LogP contribution in [-0.2, 0) is 14.4 Å². The van der Waals surface area contributed by atoms with Gasteiger partial charge in [0.05, 0.1) is 0 Å². The second-order valence-corrected chi connectivity index (χ2v) is 4.11. The van der Waals surface area contributed by atoms with E-state index in [1.807, 2.05) is 0 Å². The quantitative estimate of drug-likeness (QED) is 0.684. The number of nitrogens with zero attached hydrogens (tertiary/aromatic N) is 1. The van der Waals surface area contributed by atoms with Crippen LogP contribution in [0.2, 0.25) is 0 Å². The SMILES string of the molecule is CC(C)N(CC(=O)O)C(=O)C1CCC(=O)N1. The lowest BCUT2D eigenvalue weighted by Crippen LogP contribution is -2.49. The normalized spacial score (nSPS) is 19.7. The summed E-state index contributed by atoms with van der Waals surface area (Å²) in [7, 11) is 0. The zero-order chi connectivity index (χ0) is 12.3. The van der Waals surface area contributed by atoms with Crippen LogP contribution in [0.1, 0.15) is 26.7 Å². The fourth-order valence-electron chi connectivity index (χ4n) is 1.66. The van der Waals surface area contributed by atoms with Crippen molar-refractivity contribution >= 4 is 17.8 Å². The van der Waals surface area contributed by atoms with Crippen LogP contribution in [0.15, 0.2) is 0 Å². The Hall–Kier alpha value is -1.59. The van der Waals surface area contributed by atoms with Gasteiger partial charge in [-0.25, -0.2) is 0 Å². The van der Waals surface area contributed by atoms with Gasteiger partial charge in [0, 0.05) is 12.5 Å². The topological polar surface area (TPSA) is 86.7 Å². The summed E-state index contributed by atoms with van der Waals surface area (Å²) in [5.74, 6) is -1.52. The summed E-state index contributed by atoms with van der Waals surface area (Å²) in [5.41, 5.74) is 0. The standard InChI is InChI=1S/C10H16N2O4/c1-6(2)12(5-9(14)15)10(16)7-3-4-8(13)11-7/h6-7H,3-5H2,1-2H3,(H,11,13)(H,14,15). The second-order valence-electron chi connectivity index (χ2n) is 4.11. The van der Waals surface area contributed by atoms with E-state index < -0.39 is 12.0 Å². The Balaban J connectivity index is 2.67. The van der Waals surface area contributed by atoms with Gasteiger partial charge in [-0.2, -0.15) is 0 Å². The van der Waals surface area contributed by atoms with Gasteiger partial charge in [0.1, 0.15) is 12.6 Å². The first kappa shape index (κ1) is 12.5. The maximum absolute atomic E-state index is 11.9. The number of amides is 2. The van der Waals surface area contributed by atoms with E-state index in [1.54, 1.807) is 13.8 Å². The van der Waals surface area contributed by atoms with Gasteiger partial charge in [0.2, 0.25) is 11.8 Å². The Kier molecular flexibility index (Phi) is 3.87. The molecule has 0 aromatic rings. The van der Waals surface area contributed by atoms with Gasteiger partial charge in [-0.1, -0.05) is 0 Å². The van der Waals surface area contributed by atoms with Crippen LogP contribution in [0.5, 0.6) is 0 Å². The van der Waals surface area contributed by atoms with E-state index in [1.165, 1.54) is 4.90 Å². The first-order valence-corrected chi connectivity index (χ1v) is 5.23. The van der Waals surface area contributed by atoms with Crippen LogP contribution in [0.3, 0.4) is 0 Å². The maximum Gasteiger partial charge on any atom is 0.323 e.